The zero-order valence-electron chi connectivity index (χ0n) is 8.11. The summed E-state index contributed by atoms with van der Waals surface area (Å²) in [4.78, 5) is 10.8. The molecule has 0 aliphatic rings. The van der Waals surface area contributed by atoms with Gasteiger partial charge in [0.1, 0.15) is 11.8 Å². The van der Waals surface area contributed by atoms with Crippen LogP contribution in [0.5, 0.6) is 5.75 Å². The molecule has 0 saturated heterocycles. The van der Waals surface area contributed by atoms with Crippen molar-refractivity contribution in [1.29, 1.82) is 0 Å². The predicted octanol–water partition coefficient (Wildman–Crippen LogP) is 1.05. The summed E-state index contributed by atoms with van der Waals surface area (Å²) < 4.78 is 0. The van der Waals surface area contributed by atoms with Gasteiger partial charge in [-0.1, -0.05) is 12.1 Å². The average Bonchev–Trinajstić information content (AvgIpc) is 2.11. The van der Waals surface area contributed by atoms with Crippen molar-refractivity contribution in [2.24, 2.45) is 0 Å². The lowest BCUT2D eigenvalue weighted by Gasteiger charge is -2.12. The van der Waals surface area contributed by atoms with Gasteiger partial charge in [-0.2, -0.15) is 0 Å². The number of rotatable bonds is 3. The fraction of sp³-hybridized carbons (Fsp3) is 0.300. The summed E-state index contributed by atoms with van der Waals surface area (Å²) in [5.74, 6) is -0.758. The van der Waals surface area contributed by atoms with E-state index in [0.717, 1.165) is 0 Å². The highest BCUT2D eigenvalue weighted by atomic mass is 16.4. The molecule has 0 aromatic heterocycles. The number of carboxylic acids is 1. The standard InChI is InChI=1S/C10H13NO3/c1-6-5-7(3-4-8(6)12)9(11-2)10(13)14/h3-5,9,11-12H,1-2H3,(H,13,14). The van der Waals surface area contributed by atoms with Crippen LogP contribution in [0.2, 0.25) is 0 Å². The second-order valence-electron chi connectivity index (χ2n) is 3.11. The molecule has 1 rings (SSSR count). The second kappa shape index (κ2) is 4.11. The van der Waals surface area contributed by atoms with Gasteiger partial charge in [0.05, 0.1) is 0 Å². The van der Waals surface area contributed by atoms with E-state index in [1.54, 1.807) is 26.1 Å². The van der Waals surface area contributed by atoms with Gasteiger partial charge < -0.3 is 15.5 Å². The zero-order valence-corrected chi connectivity index (χ0v) is 8.11. The van der Waals surface area contributed by atoms with Crippen LogP contribution in [0.1, 0.15) is 17.2 Å². The lowest BCUT2D eigenvalue weighted by atomic mass is 10.0. The third-order valence-electron chi connectivity index (χ3n) is 2.09. The Balaban J connectivity index is 3.06. The Labute approximate surface area is 82.2 Å². The molecule has 1 unspecified atom stereocenters. The van der Waals surface area contributed by atoms with E-state index >= 15 is 0 Å². The van der Waals surface area contributed by atoms with E-state index in [9.17, 15) is 9.90 Å². The van der Waals surface area contributed by atoms with Crippen LogP contribution in [0.25, 0.3) is 0 Å². The summed E-state index contributed by atoms with van der Waals surface area (Å²) in [7, 11) is 1.58. The molecule has 4 heteroatoms. The monoisotopic (exact) mass is 195 g/mol. The molecule has 0 aliphatic carbocycles. The van der Waals surface area contributed by atoms with Gasteiger partial charge in [-0.3, -0.25) is 4.79 Å². The third kappa shape index (κ3) is 2.03. The number of aliphatic carboxylic acids is 1. The number of aromatic hydroxyl groups is 1. The van der Waals surface area contributed by atoms with Crippen LogP contribution in [0, 0.1) is 6.92 Å². The van der Waals surface area contributed by atoms with E-state index in [-0.39, 0.29) is 5.75 Å². The fourth-order valence-electron chi connectivity index (χ4n) is 1.29. The number of hydrogen-bond acceptors (Lipinski definition) is 3. The number of hydrogen-bond donors (Lipinski definition) is 3. The van der Waals surface area contributed by atoms with E-state index in [1.165, 1.54) is 6.07 Å². The summed E-state index contributed by atoms with van der Waals surface area (Å²) in [5.41, 5.74) is 1.30. The molecule has 76 valence electrons. The molecule has 0 bridgehead atoms. The maximum absolute atomic E-state index is 10.8. The molecule has 0 heterocycles. The summed E-state index contributed by atoms with van der Waals surface area (Å²) in [6.45, 7) is 1.73. The molecule has 1 aromatic rings. The highest BCUT2D eigenvalue weighted by Gasteiger charge is 2.17. The number of nitrogens with one attached hydrogen (secondary N) is 1. The number of phenols is 1. The number of benzene rings is 1. The van der Waals surface area contributed by atoms with E-state index in [1.807, 2.05) is 0 Å². The first-order valence-corrected chi connectivity index (χ1v) is 4.26. The Bertz CT molecular complexity index is 349. The van der Waals surface area contributed by atoms with Crippen molar-refractivity contribution in [2.75, 3.05) is 7.05 Å². The molecule has 1 aromatic carbocycles. The van der Waals surface area contributed by atoms with Gasteiger partial charge in [-0.25, -0.2) is 0 Å². The first-order valence-electron chi connectivity index (χ1n) is 4.26. The van der Waals surface area contributed by atoms with Crippen LogP contribution in [0.4, 0.5) is 0 Å². The molecule has 0 saturated carbocycles. The Morgan fingerprint density at radius 1 is 1.50 bits per heavy atom. The van der Waals surface area contributed by atoms with E-state index in [4.69, 9.17) is 5.11 Å². The molecular formula is C10H13NO3. The minimum atomic E-state index is -0.933. The molecule has 0 aliphatic heterocycles. The fourth-order valence-corrected chi connectivity index (χ4v) is 1.29. The van der Waals surface area contributed by atoms with E-state index in [0.29, 0.717) is 11.1 Å². The molecule has 0 spiro atoms. The van der Waals surface area contributed by atoms with Crippen molar-refractivity contribution in [3.8, 4) is 5.75 Å². The molecular weight excluding hydrogens is 182 g/mol. The quantitative estimate of drug-likeness (QED) is 0.674. The minimum Gasteiger partial charge on any atom is -0.508 e. The number of carbonyl (C=O) groups is 1. The Kier molecular flexibility index (Phi) is 3.09. The van der Waals surface area contributed by atoms with Gasteiger partial charge in [-0.05, 0) is 31.2 Å². The van der Waals surface area contributed by atoms with Gasteiger partial charge in [0, 0.05) is 0 Å². The van der Waals surface area contributed by atoms with Crippen molar-refractivity contribution in [3.05, 3.63) is 29.3 Å². The molecule has 14 heavy (non-hydrogen) atoms. The summed E-state index contributed by atoms with van der Waals surface area (Å²) in [5, 5.41) is 20.8. The van der Waals surface area contributed by atoms with Crippen molar-refractivity contribution >= 4 is 5.97 Å². The number of phenolic OH excluding ortho intramolecular Hbond substituents is 1. The van der Waals surface area contributed by atoms with Gasteiger partial charge in [0.2, 0.25) is 0 Å². The highest BCUT2D eigenvalue weighted by Crippen LogP contribution is 2.21. The van der Waals surface area contributed by atoms with Crippen LogP contribution >= 0.6 is 0 Å². The second-order valence-corrected chi connectivity index (χ2v) is 3.11. The summed E-state index contributed by atoms with van der Waals surface area (Å²) >= 11 is 0. The number of aryl methyl sites for hydroxylation is 1. The molecule has 0 amide bonds. The number of likely N-dealkylation sites (N-methyl/N-ethyl adjacent to an activating group) is 1. The molecule has 0 radical (unpaired) electrons. The van der Waals surface area contributed by atoms with E-state index in [2.05, 4.69) is 5.32 Å². The summed E-state index contributed by atoms with van der Waals surface area (Å²) in [6.07, 6.45) is 0. The van der Waals surface area contributed by atoms with Crippen molar-refractivity contribution in [3.63, 3.8) is 0 Å². The molecule has 1 atom stereocenters. The van der Waals surface area contributed by atoms with Crippen molar-refractivity contribution in [2.45, 2.75) is 13.0 Å². The van der Waals surface area contributed by atoms with Gasteiger partial charge in [-0.15, -0.1) is 0 Å². The smallest absolute Gasteiger partial charge is 0.325 e. The van der Waals surface area contributed by atoms with Crippen LogP contribution in [-0.2, 0) is 4.79 Å². The van der Waals surface area contributed by atoms with Gasteiger partial charge >= 0.3 is 5.97 Å². The van der Waals surface area contributed by atoms with Crippen molar-refractivity contribution < 1.29 is 15.0 Å². The Hall–Kier alpha value is -1.55. The summed E-state index contributed by atoms with van der Waals surface area (Å²) in [6, 6.07) is 4.02. The predicted molar refractivity (Wildman–Crippen MR) is 52.3 cm³/mol. The average molecular weight is 195 g/mol. The van der Waals surface area contributed by atoms with Crippen LogP contribution in [0.3, 0.4) is 0 Å². The zero-order chi connectivity index (χ0) is 10.7. The molecule has 3 N–H and O–H groups in total. The lowest BCUT2D eigenvalue weighted by Crippen LogP contribution is -2.24. The SMILES string of the molecule is CNC(C(=O)O)c1ccc(O)c(C)c1. The number of carboxylic acid groups (broad SMARTS) is 1. The lowest BCUT2D eigenvalue weighted by molar-refractivity contribution is -0.139. The topological polar surface area (TPSA) is 69.6 Å². The molecule has 4 nitrogen and oxygen atoms in total. The Morgan fingerprint density at radius 2 is 2.14 bits per heavy atom. The third-order valence-corrected chi connectivity index (χ3v) is 2.09. The first kappa shape index (κ1) is 10.5. The van der Waals surface area contributed by atoms with Gasteiger partial charge in [0.15, 0.2) is 0 Å². The van der Waals surface area contributed by atoms with Gasteiger partial charge in [0.25, 0.3) is 0 Å². The van der Waals surface area contributed by atoms with Crippen LogP contribution < -0.4 is 5.32 Å². The Morgan fingerprint density at radius 3 is 2.57 bits per heavy atom. The first-order chi connectivity index (χ1) is 6.56. The van der Waals surface area contributed by atoms with Crippen molar-refractivity contribution in [1.82, 2.24) is 5.32 Å². The molecule has 0 fully saturated rings. The minimum absolute atomic E-state index is 0.175. The normalized spacial score (nSPS) is 12.4. The van der Waals surface area contributed by atoms with Crippen LogP contribution in [0.15, 0.2) is 18.2 Å². The van der Waals surface area contributed by atoms with Crippen LogP contribution in [-0.4, -0.2) is 23.2 Å². The maximum atomic E-state index is 10.8. The maximum Gasteiger partial charge on any atom is 0.325 e. The van der Waals surface area contributed by atoms with E-state index < -0.39 is 12.0 Å². The largest absolute Gasteiger partial charge is 0.508 e. The highest BCUT2D eigenvalue weighted by molar-refractivity contribution is 5.75.